The minimum atomic E-state index is -0.360. The van der Waals surface area contributed by atoms with Crippen LogP contribution in [0, 0.1) is 0 Å². The second-order valence-electron chi connectivity index (χ2n) is 9.90. The van der Waals surface area contributed by atoms with Gasteiger partial charge in [-0.3, -0.25) is 14.3 Å². The summed E-state index contributed by atoms with van der Waals surface area (Å²) in [4.78, 5) is 31.8. The van der Waals surface area contributed by atoms with Crippen molar-refractivity contribution in [3.8, 4) is 5.69 Å². The Morgan fingerprint density at radius 3 is 2.30 bits per heavy atom. The fraction of sp³-hybridized carbons (Fsp3) is 0.194. The molecule has 0 spiro atoms. The van der Waals surface area contributed by atoms with Gasteiger partial charge in [-0.05, 0) is 54.2 Å². The second-order valence-corrected chi connectivity index (χ2v) is 9.90. The van der Waals surface area contributed by atoms with Crippen LogP contribution >= 0.6 is 0 Å². The van der Waals surface area contributed by atoms with Crippen LogP contribution in [-0.2, 0) is 6.54 Å². The molecule has 5 aromatic rings. The van der Waals surface area contributed by atoms with E-state index in [1.54, 1.807) is 15.6 Å². The van der Waals surface area contributed by atoms with Crippen LogP contribution in [0.4, 0.5) is 5.69 Å². The highest BCUT2D eigenvalue weighted by Crippen LogP contribution is 2.29. The third kappa shape index (κ3) is 5.68. The summed E-state index contributed by atoms with van der Waals surface area (Å²) in [7, 11) is 0. The number of likely N-dealkylation sites (tertiary alicyclic amines) is 1. The van der Waals surface area contributed by atoms with Crippen LogP contribution in [0.15, 0.2) is 104 Å². The lowest BCUT2D eigenvalue weighted by Gasteiger charge is -2.32. The van der Waals surface area contributed by atoms with Crippen molar-refractivity contribution in [2.75, 3.05) is 18.4 Å². The predicted molar refractivity (Wildman–Crippen MR) is 151 cm³/mol. The number of anilines is 1. The molecule has 0 radical (unpaired) electrons. The molecule has 0 bridgehead atoms. The number of nitrogens with zero attached hydrogens (tertiary/aromatic N) is 6. The van der Waals surface area contributed by atoms with E-state index in [1.165, 1.54) is 11.9 Å². The molecule has 40 heavy (non-hydrogen) atoms. The molecule has 6 rings (SSSR count). The zero-order chi connectivity index (χ0) is 27.3. The first-order chi connectivity index (χ1) is 19.6. The molecule has 1 saturated heterocycles. The van der Waals surface area contributed by atoms with E-state index in [0.29, 0.717) is 36.8 Å². The van der Waals surface area contributed by atoms with E-state index in [2.05, 4.69) is 20.5 Å². The monoisotopic (exact) mass is 531 g/mol. The van der Waals surface area contributed by atoms with Crippen LogP contribution in [0.3, 0.4) is 0 Å². The van der Waals surface area contributed by atoms with Gasteiger partial charge in [0.15, 0.2) is 0 Å². The molecule has 3 aromatic carbocycles. The van der Waals surface area contributed by atoms with E-state index in [0.717, 1.165) is 24.1 Å². The molecule has 2 amide bonds. The smallest absolute Gasteiger partial charge is 0.295 e. The number of nitrogens with one attached hydrogen (secondary N) is 1. The fourth-order valence-corrected chi connectivity index (χ4v) is 5.03. The van der Waals surface area contributed by atoms with Gasteiger partial charge >= 0.3 is 0 Å². The predicted octanol–water partition coefficient (Wildman–Crippen LogP) is 4.78. The Hall–Kier alpha value is -5.05. The number of hydrogen-bond acceptors (Lipinski definition) is 5. The average molecular weight is 532 g/mol. The second kappa shape index (κ2) is 11.4. The van der Waals surface area contributed by atoms with Crippen LogP contribution in [0.5, 0.6) is 0 Å². The summed E-state index contributed by atoms with van der Waals surface area (Å²) in [5, 5.41) is 11.5. The Bertz CT molecular complexity index is 1590. The molecular formula is C31H29N7O2. The van der Waals surface area contributed by atoms with Crippen molar-refractivity contribution in [3.63, 3.8) is 0 Å². The lowest BCUT2D eigenvalue weighted by atomic mass is 9.89. The van der Waals surface area contributed by atoms with Crippen LogP contribution in [-0.4, -0.2) is 54.3 Å². The Morgan fingerprint density at radius 2 is 1.57 bits per heavy atom. The van der Waals surface area contributed by atoms with Gasteiger partial charge in [0.2, 0.25) is 5.82 Å². The molecule has 0 saturated carbocycles. The molecular weight excluding hydrogens is 502 g/mol. The number of hydrogen-bond donors (Lipinski definition) is 1. The number of aromatic nitrogens is 5. The van der Waals surface area contributed by atoms with E-state index in [4.69, 9.17) is 0 Å². The summed E-state index contributed by atoms with van der Waals surface area (Å²) >= 11 is 0. The molecule has 9 nitrogen and oxygen atoms in total. The standard InChI is InChI=1S/C31H29N7O2/c39-30(29-32-22-38(35-29)28-9-5-2-6-10-28)34-27-13-11-24(12-14-27)25-15-17-36(18-16-25)31(40)26-19-33-37(21-26)20-23-7-3-1-4-8-23/h1-14,19,21-22,25H,15-18,20H2,(H,34,39). The average Bonchev–Trinajstić information content (AvgIpc) is 3.69. The highest BCUT2D eigenvalue weighted by atomic mass is 16.2. The summed E-state index contributed by atoms with van der Waals surface area (Å²) in [5.74, 6) is 0.133. The van der Waals surface area contributed by atoms with Crippen LogP contribution in [0.1, 0.15) is 50.9 Å². The Labute approximate surface area is 232 Å². The highest BCUT2D eigenvalue weighted by Gasteiger charge is 2.25. The number of rotatable bonds is 7. The van der Waals surface area contributed by atoms with Crippen molar-refractivity contribution >= 4 is 17.5 Å². The van der Waals surface area contributed by atoms with Crippen molar-refractivity contribution in [3.05, 3.63) is 126 Å². The minimum Gasteiger partial charge on any atom is -0.339 e. The normalized spacial score (nSPS) is 13.8. The van der Waals surface area contributed by atoms with Gasteiger partial charge in [-0.2, -0.15) is 5.10 Å². The Balaban J connectivity index is 1.01. The van der Waals surface area contributed by atoms with Crippen molar-refractivity contribution in [2.24, 2.45) is 0 Å². The van der Waals surface area contributed by atoms with E-state index in [-0.39, 0.29) is 17.6 Å². The Kier molecular flexibility index (Phi) is 7.17. The summed E-state index contributed by atoms with van der Waals surface area (Å²) in [6, 6.07) is 27.5. The molecule has 1 fully saturated rings. The van der Waals surface area contributed by atoms with Crippen molar-refractivity contribution in [1.82, 2.24) is 29.4 Å². The zero-order valence-electron chi connectivity index (χ0n) is 21.9. The molecule has 3 heterocycles. The van der Waals surface area contributed by atoms with Gasteiger partial charge in [-0.1, -0.05) is 60.7 Å². The van der Waals surface area contributed by atoms with Gasteiger partial charge in [0.1, 0.15) is 6.33 Å². The fourth-order valence-electron chi connectivity index (χ4n) is 5.03. The molecule has 1 aliphatic heterocycles. The van der Waals surface area contributed by atoms with Crippen molar-refractivity contribution in [2.45, 2.75) is 25.3 Å². The van der Waals surface area contributed by atoms with E-state index < -0.39 is 0 Å². The molecule has 200 valence electrons. The van der Waals surface area contributed by atoms with Gasteiger partial charge in [0.25, 0.3) is 11.8 Å². The number of carbonyl (C=O) groups is 2. The van der Waals surface area contributed by atoms with Gasteiger partial charge < -0.3 is 10.2 Å². The Morgan fingerprint density at radius 1 is 0.875 bits per heavy atom. The molecule has 1 N–H and O–H groups in total. The first-order valence-corrected chi connectivity index (χ1v) is 13.4. The summed E-state index contributed by atoms with van der Waals surface area (Å²) < 4.78 is 3.38. The highest BCUT2D eigenvalue weighted by molar-refractivity contribution is 6.01. The third-order valence-corrected chi connectivity index (χ3v) is 7.21. The van der Waals surface area contributed by atoms with Crippen LogP contribution < -0.4 is 5.32 Å². The number of para-hydroxylation sites is 1. The number of carbonyl (C=O) groups excluding carboxylic acids is 2. The molecule has 9 heteroatoms. The molecule has 1 aliphatic rings. The minimum absolute atomic E-state index is 0.0270. The maximum Gasteiger partial charge on any atom is 0.295 e. The third-order valence-electron chi connectivity index (χ3n) is 7.21. The van der Waals surface area contributed by atoms with Crippen LogP contribution in [0.25, 0.3) is 5.69 Å². The maximum atomic E-state index is 13.1. The van der Waals surface area contributed by atoms with Gasteiger partial charge in [-0.15, -0.1) is 5.10 Å². The largest absolute Gasteiger partial charge is 0.339 e. The quantitative estimate of drug-likeness (QED) is 0.326. The first kappa shape index (κ1) is 25.2. The van der Waals surface area contributed by atoms with Gasteiger partial charge in [0, 0.05) is 25.0 Å². The van der Waals surface area contributed by atoms with E-state index in [9.17, 15) is 9.59 Å². The number of benzene rings is 3. The lowest BCUT2D eigenvalue weighted by molar-refractivity contribution is 0.0712. The van der Waals surface area contributed by atoms with Crippen molar-refractivity contribution in [1.29, 1.82) is 0 Å². The van der Waals surface area contributed by atoms with Crippen LogP contribution in [0.2, 0.25) is 0 Å². The zero-order valence-corrected chi connectivity index (χ0v) is 21.9. The summed E-state index contributed by atoms with van der Waals surface area (Å²) in [6.45, 7) is 2.03. The molecule has 0 aliphatic carbocycles. The maximum absolute atomic E-state index is 13.1. The molecule has 0 unspecified atom stereocenters. The number of amides is 2. The van der Waals surface area contributed by atoms with Gasteiger partial charge in [-0.25, -0.2) is 9.67 Å². The van der Waals surface area contributed by atoms with E-state index in [1.807, 2.05) is 96.0 Å². The van der Waals surface area contributed by atoms with Crippen molar-refractivity contribution < 1.29 is 9.59 Å². The first-order valence-electron chi connectivity index (χ1n) is 13.4. The topological polar surface area (TPSA) is 97.9 Å². The van der Waals surface area contributed by atoms with Gasteiger partial charge in [0.05, 0.1) is 24.0 Å². The SMILES string of the molecule is O=C(Nc1ccc(C2CCN(C(=O)c3cnn(Cc4ccccc4)c3)CC2)cc1)c1ncn(-c2ccccc2)n1. The molecule has 2 aromatic heterocycles. The molecule has 0 atom stereocenters. The van der Waals surface area contributed by atoms with E-state index >= 15 is 0 Å². The summed E-state index contributed by atoms with van der Waals surface area (Å²) in [6.07, 6.45) is 6.79. The number of piperidine rings is 1. The lowest BCUT2D eigenvalue weighted by Crippen LogP contribution is -2.37. The summed E-state index contributed by atoms with van der Waals surface area (Å²) in [5.41, 5.74) is 4.49.